The van der Waals surface area contributed by atoms with Crippen LogP contribution in [0, 0.1) is 0 Å². The van der Waals surface area contributed by atoms with E-state index in [1.165, 1.54) is 0 Å². The van der Waals surface area contributed by atoms with Crippen molar-refractivity contribution in [1.82, 2.24) is 0 Å². The molecule has 0 atom stereocenters. The van der Waals surface area contributed by atoms with Gasteiger partial charge in [-0.25, -0.2) is 0 Å². The van der Waals surface area contributed by atoms with Crippen LogP contribution in [0.3, 0.4) is 0 Å². The molecule has 0 bridgehead atoms. The third kappa shape index (κ3) is 2440. The van der Waals surface area contributed by atoms with Crippen molar-refractivity contribution in [2.45, 2.75) is 0 Å². The van der Waals surface area contributed by atoms with Crippen LogP contribution < -0.4 is 0 Å². The SMILES string of the molecule is O=[SH]([O-])(F)F.O=[SH]([O-])(F)F.[Zn+2]. The summed E-state index contributed by atoms with van der Waals surface area (Å²) < 4.78 is 73.4. The maximum Gasteiger partial charge on any atom is 2.00 e. The van der Waals surface area contributed by atoms with E-state index in [1.54, 1.807) is 0 Å². The number of thiol groups is 2. The van der Waals surface area contributed by atoms with Crippen molar-refractivity contribution in [2.75, 3.05) is 0 Å². The van der Waals surface area contributed by atoms with Crippen molar-refractivity contribution in [2.24, 2.45) is 0 Å². The minimum Gasteiger partial charge on any atom is -0.722 e. The van der Waals surface area contributed by atoms with Gasteiger partial charge in [0.2, 0.25) is 0 Å². The van der Waals surface area contributed by atoms with E-state index in [0.717, 1.165) is 0 Å². The van der Waals surface area contributed by atoms with Crippen LogP contribution in [0.4, 0.5) is 15.5 Å². The van der Waals surface area contributed by atoms with Gasteiger partial charge in [0, 0.05) is 0 Å². The monoisotopic (exact) mass is 270 g/mol. The Bertz CT molecular complexity index is 132. The van der Waals surface area contributed by atoms with Crippen molar-refractivity contribution in [1.29, 1.82) is 0 Å². The Morgan fingerprint density at radius 1 is 0.818 bits per heavy atom. The number of rotatable bonds is 0. The minimum absolute atomic E-state index is 0. The predicted molar refractivity (Wildman–Crippen MR) is 25.1 cm³/mol. The third-order valence-corrected chi connectivity index (χ3v) is 0. The second-order valence-corrected chi connectivity index (χ2v) is 2.49. The van der Waals surface area contributed by atoms with Gasteiger partial charge in [0.1, 0.15) is 0 Å². The van der Waals surface area contributed by atoms with Crippen molar-refractivity contribution in [3.63, 3.8) is 0 Å². The first-order valence-corrected chi connectivity index (χ1v) is 4.22. The quantitative estimate of drug-likeness (QED) is 0.277. The van der Waals surface area contributed by atoms with Gasteiger partial charge in [-0.2, -0.15) is 8.42 Å². The molecule has 0 spiro atoms. The van der Waals surface area contributed by atoms with E-state index in [4.69, 9.17) is 17.5 Å². The molecule has 0 aliphatic heterocycles. The van der Waals surface area contributed by atoms with Crippen LogP contribution in [0.5, 0.6) is 0 Å². The van der Waals surface area contributed by atoms with E-state index < -0.39 is 22.0 Å². The molecule has 68 valence electrons. The van der Waals surface area contributed by atoms with E-state index in [9.17, 15) is 15.5 Å². The van der Waals surface area contributed by atoms with Crippen LogP contribution in [0.1, 0.15) is 0 Å². The molecule has 0 amide bonds. The molecule has 0 aromatic rings. The van der Waals surface area contributed by atoms with Crippen molar-refractivity contribution >= 4 is 22.0 Å². The average molecular weight is 272 g/mol. The van der Waals surface area contributed by atoms with Crippen molar-refractivity contribution < 1.29 is 52.5 Å². The Hall–Kier alpha value is 0.563. The molecular formula is H2F4O4S2Zn. The molecule has 0 heterocycles. The first-order valence-electron chi connectivity index (χ1n) is 1.41. The molecule has 0 fully saturated rings. The summed E-state index contributed by atoms with van der Waals surface area (Å²) in [5.41, 5.74) is 0. The average Bonchev–Trinajstić information content (AvgIpc) is 1.12. The van der Waals surface area contributed by atoms with Crippen LogP contribution in [0.25, 0.3) is 0 Å². The van der Waals surface area contributed by atoms with Gasteiger partial charge in [0.25, 0.3) is 0 Å². The van der Waals surface area contributed by atoms with Crippen molar-refractivity contribution in [3.05, 3.63) is 0 Å². The molecule has 0 saturated carbocycles. The molecule has 0 unspecified atom stereocenters. The van der Waals surface area contributed by atoms with Crippen LogP contribution in [-0.4, -0.2) is 17.5 Å². The predicted octanol–water partition coefficient (Wildman–Crippen LogP) is -0.197. The fourth-order valence-corrected chi connectivity index (χ4v) is 0. The summed E-state index contributed by atoms with van der Waals surface area (Å²) in [6.07, 6.45) is 0. The van der Waals surface area contributed by atoms with Gasteiger partial charge < -0.3 is 9.11 Å². The van der Waals surface area contributed by atoms with Crippen LogP contribution in [0.2, 0.25) is 0 Å². The normalized spacial score (nSPS) is 13.6. The summed E-state index contributed by atoms with van der Waals surface area (Å²) in [5, 5.41) is 0. The molecule has 0 saturated heterocycles. The molecule has 0 aromatic carbocycles. The zero-order chi connectivity index (χ0) is 9.00. The van der Waals surface area contributed by atoms with Crippen LogP contribution in [0.15, 0.2) is 0 Å². The second kappa shape index (κ2) is 6.12. The van der Waals surface area contributed by atoms with Crippen LogP contribution >= 0.6 is 0 Å². The molecule has 11 heavy (non-hydrogen) atoms. The molecule has 0 radical (unpaired) electrons. The Balaban J connectivity index is -0.000000107. The first kappa shape index (κ1) is 17.6. The van der Waals surface area contributed by atoms with E-state index in [-0.39, 0.29) is 19.5 Å². The Kier molecular flexibility index (Phi) is 9.79. The largest absolute Gasteiger partial charge is 2.00 e. The van der Waals surface area contributed by atoms with Gasteiger partial charge in [-0.15, -0.1) is 15.5 Å². The second-order valence-electron chi connectivity index (χ2n) is 0.829. The van der Waals surface area contributed by atoms with E-state index in [1.807, 2.05) is 0 Å². The maximum atomic E-state index is 10.0. The van der Waals surface area contributed by atoms with Gasteiger partial charge in [-0.05, 0) is 0 Å². The standard InChI is InChI=1S/2F2H2O2S.Zn/c2*1-5(2,3)4;/h2*5H,(H,3,4);/q;;+2/p-2. The summed E-state index contributed by atoms with van der Waals surface area (Å²) in [6, 6.07) is 0. The molecule has 0 aliphatic rings. The van der Waals surface area contributed by atoms with E-state index in [0.29, 0.717) is 0 Å². The fourth-order valence-electron chi connectivity index (χ4n) is 0. The third-order valence-electron chi connectivity index (χ3n) is 0. The molecule has 0 aromatic heterocycles. The van der Waals surface area contributed by atoms with Gasteiger partial charge in [0.15, 0.2) is 0 Å². The smallest absolute Gasteiger partial charge is 0.722 e. The van der Waals surface area contributed by atoms with E-state index >= 15 is 0 Å². The number of halogens is 4. The summed E-state index contributed by atoms with van der Waals surface area (Å²) in [7, 11) is -11.8. The van der Waals surface area contributed by atoms with Gasteiger partial charge in [0.05, 0.1) is 0 Å². The van der Waals surface area contributed by atoms with Gasteiger partial charge in [-0.3, -0.25) is 0 Å². The Morgan fingerprint density at radius 2 is 0.818 bits per heavy atom. The molecule has 0 aliphatic carbocycles. The van der Waals surface area contributed by atoms with Crippen LogP contribution in [-0.2, 0) is 41.4 Å². The Morgan fingerprint density at radius 3 is 0.818 bits per heavy atom. The summed E-state index contributed by atoms with van der Waals surface area (Å²) in [5.74, 6) is 0. The molecular weight excluding hydrogens is 270 g/mol. The molecule has 4 nitrogen and oxygen atoms in total. The molecule has 11 heteroatoms. The molecule has 0 rings (SSSR count). The van der Waals surface area contributed by atoms with Gasteiger partial charge >= 0.3 is 19.5 Å². The zero-order valence-corrected chi connectivity index (χ0v) is 9.50. The maximum absolute atomic E-state index is 10.0. The van der Waals surface area contributed by atoms with E-state index in [2.05, 4.69) is 0 Å². The number of hydrogen-bond donors (Lipinski definition) is 2. The summed E-state index contributed by atoms with van der Waals surface area (Å²) in [6.45, 7) is 0. The first-order chi connectivity index (χ1) is 4.00. The minimum atomic E-state index is -5.89. The van der Waals surface area contributed by atoms with Gasteiger partial charge in [-0.1, -0.05) is 22.0 Å². The summed E-state index contributed by atoms with van der Waals surface area (Å²) >= 11 is 0. The van der Waals surface area contributed by atoms with Crippen molar-refractivity contribution in [3.8, 4) is 0 Å². The fraction of sp³-hybridized carbons (Fsp3) is 0. The number of hydrogen-bond acceptors (Lipinski definition) is 4. The zero-order valence-electron chi connectivity index (χ0n) is 4.75. The Labute approximate surface area is 74.8 Å². The summed E-state index contributed by atoms with van der Waals surface area (Å²) in [4.78, 5) is 0. The topological polar surface area (TPSA) is 80.3 Å². The molecule has 0 N–H and O–H groups in total.